The van der Waals surface area contributed by atoms with Gasteiger partial charge in [0.25, 0.3) is 0 Å². The summed E-state index contributed by atoms with van der Waals surface area (Å²) in [5, 5.41) is 14.5. The summed E-state index contributed by atoms with van der Waals surface area (Å²) >= 11 is 0. The second-order valence-corrected chi connectivity index (χ2v) is 4.94. The maximum atomic E-state index is 11.8. The summed E-state index contributed by atoms with van der Waals surface area (Å²) in [6.07, 6.45) is 8.26. The first-order valence-electron chi connectivity index (χ1n) is 7.31. The van der Waals surface area contributed by atoms with Crippen molar-refractivity contribution in [3.8, 4) is 5.82 Å². The van der Waals surface area contributed by atoms with Crippen LogP contribution in [0.1, 0.15) is 25.3 Å². The van der Waals surface area contributed by atoms with E-state index in [1.54, 1.807) is 18.7 Å². The number of rotatable bonds is 7. The first-order chi connectivity index (χ1) is 10.7. The van der Waals surface area contributed by atoms with Crippen molar-refractivity contribution in [3.63, 3.8) is 0 Å². The van der Waals surface area contributed by atoms with Crippen molar-refractivity contribution in [1.82, 2.24) is 25.2 Å². The van der Waals surface area contributed by atoms with Crippen molar-refractivity contribution in [2.75, 3.05) is 6.61 Å². The Balaban J connectivity index is 1.82. The van der Waals surface area contributed by atoms with Gasteiger partial charge in [0.15, 0.2) is 0 Å². The zero-order valence-corrected chi connectivity index (χ0v) is 12.6. The minimum atomic E-state index is -0.237. The summed E-state index contributed by atoms with van der Waals surface area (Å²) in [6.45, 7) is 2.44. The Morgan fingerprint density at radius 3 is 2.91 bits per heavy atom. The maximum Gasteiger partial charge on any atom is 0.315 e. The van der Waals surface area contributed by atoms with Gasteiger partial charge in [-0.2, -0.15) is 0 Å². The normalized spacial score (nSPS) is 11.9. The molecule has 0 bridgehead atoms. The molecule has 2 aromatic rings. The molecule has 2 heterocycles. The molecule has 22 heavy (non-hydrogen) atoms. The molecule has 7 nitrogen and oxygen atoms in total. The minimum absolute atomic E-state index is 0.00765. The Morgan fingerprint density at radius 1 is 1.45 bits per heavy atom. The Kier molecular flexibility index (Phi) is 5.91. The Bertz CT molecular complexity index is 568. The predicted molar refractivity (Wildman–Crippen MR) is 82.5 cm³/mol. The maximum absolute atomic E-state index is 11.8. The molecule has 0 aromatic carbocycles. The Morgan fingerprint density at radius 2 is 2.32 bits per heavy atom. The lowest BCUT2D eigenvalue weighted by Gasteiger charge is -2.16. The molecule has 1 unspecified atom stereocenters. The molecule has 3 N–H and O–H groups in total. The SMILES string of the molecule is CCC(CCO)NC(=O)NCc1ccc(-n2ccnc2)nc1. The second-order valence-electron chi connectivity index (χ2n) is 4.94. The number of nitrogens with zero attached hydrogens (tertiary/aromatic N) is 3. The van der Waals surface area contributed by atoms with Crippen molar-refractivity contribution in [2.24, 2.45) is 0 Å². The van der Waals surface area contributed by atoms with Crippen LogP contribution in [0.4, 0.5) is 4.79 Å². The lowest BCUT2D eigenvalue weighted by molar-refractivity contribution is 0.227. The van der Waals surface area contributed by atoms with Gasteiger partial charge in [-0.1, -0.05) is 13.0 Å². The molecule has 2 amide bonds. The number of hydrogen-bond donors (Lipinski definition) is 3. The fourth-order valence-corrected chi connectivity index (χ4v) is 2.02. The van der Waals surface area contributed by atoms with Gasteiger partial charge in [0.2, 0.25) is 0 Å². The smallest absolute Gasteiger partial charge is 0.315 e. The molecule has 0 saturated heterocycles. The summed E-state index contributed by atoms with van der Waals surface area (Å²) in [4.78, 5) is 20.1. The Hall–Kier alpha value is -2.41. The molecule has 1 atom stereocenters. The van der Waals surface area contributed by atoms with Crippen molar-refractivity contribution in [1.29, 1.82) is 0 Å². The lowest BCUT2D eigenvalue weighted by Crippen LogP contribution is -2.41. The Labute approximate surface area is 129 Å². The van der Waals surface area contributed by atoms with Gasteiger partial charge in [-0.3, -0.25) is 4.57 Å². The highest BCUT2D eigenvalue weighted by atomic mass is 16.3. The number of carbonyl (C=O) groups excluding carboxylic acids is 1. The van der Waals surface area contributed by atoms with Crippen LogP contribution < -0.4 is 10.6 Å². The monoisotopic (exact) mass is 303 g/mol. The number of carbonyl (C=O) groups is 1. The van der Waals surface area contributed by atoms with Crippen LogP contribution in [0.15, 0.2) is 37.1 Å². The van der Waals surface area contributed by atoms with Crippen LogP contribution in [0.5, 0.6) is 0 Å². The lowest BCUT2D eigenvalue weighted by atomic mass is 10.2. The van der Waals surface area contributed by atoms with Gasteiger partial charge in [-0.25, -0.2) is 14.8 Å². The average Bonchev–Trinajstić information content (AvgIpc) is 3.07. The van der Waals surface area contributed by atoms with E-state index in [4.69, 9.17) is 5.11 Å². The molecule has 0 fully saturated rings. The van der Waals surface area contributed by atoms with Crippen molar-refractivity contribution in [3.05, 3.63) is 42.6 Å². The summed E-state index contributed by atoms with van der Waals surface area (Å²) in [6, 6.07) is 3.54. The number of pyridine rings is 1. The number of imidazole rings is 1. The highest BCUT2D eigenvalue weighted by molar-refractivity contribution is 5.74. The average molecular weight is 303 g/mol. The summed E-state index contributed by atoms with van der Waals surface area (Å²) in [7, 11) is 0. The molecule has 0 aliphatic rings. The standard InChI is InChI=1S/C15H21N5O2/c1-2-13(5-8-21)19-15(22)18-10-12-3-4-14(17-9-12)20-7-6-16-11-20/h3-4,6-7,9,11,13,21H,2,5,8,10H2,1H3,(H2,18,19,22). The van der Waals surface area contributed by atoms with Gasteiger partial charge >= 0.3 is 6.03 Å². The zero-order chi connectivity index (χ0) is 15.8. The second kappa shape index (κ2) is 8.14. The number of aliphatic hydroxyl groups is 1. The highest BCUT2D eigenvalue weighted by Crippen LogP contribution is 2.05. The van der Waals surface area contributed by atoms with Gasteiger partial charge in [-0.15, -0.1) is 0 Å². The van der Waals surface area contributed by atoms with Crippen LogP contribution >= 0.6 is 0 Å². The third kappa shape index (κ3) is 4.56. The summed E-state index contributed by atoms with van der Waals surface area (Å²) < 4.78 is 1.81. The fraction of sp³-hybridized carbons (Fsp3) is 0.400. The molecule has 0 radical (unpaired) electrons. The summed E-state index contributed by atoms with van der Waals surface area (Å²) in [5.74, 6) is 0.777. The highest BCUT2D eigenvalue weighted by Gasteiger charge is 2.09. The molecule has 0 saturated carbocycles. The van der Waals surface area contributed by atoms with Gasteiger partial charge in [0, 0.05) is 37.8 Å². The third-order valence-electron chi connectivity index (χ3n) is 3.34. The van der Waals surface area contributed by atoms with E-state index in [0.29, 0.717) is 13.0 Å². The van der Waals surface area contributed by atoms with Crippen LogP contribution in [-0.4, -0.2) is 38.3 Å². The van der Waals surface area contributed by atoms with Gasteiger partial charge in [0.05, 0.1) is 0 Å². The molecular weight excluding hydrogens is 282 g/mol. The molecule has 2 aromatic heterocycles. The van der Waals surface area contributed by atoms with E-state index in [0.717, 1.165) is 17.8 Å². The molecule has 0 spiro atoms. The third-order valence-corrected chi connectivity index (χ3v) is 3.34. The molecule has 0 aliphatic heterocycles. The van der Waals surface area contributed by atoms with E-state index < -0.39 is 0 Å². The molecule has 0 aliphatic carbocycles. The van der Waals surface area contributed by atoms with E-state index in [1.807, 2.05) is 29.8 Å². The number of urea groups is 1. The van der Waals surface area contributed by atoms with Gasteiger partial charge in [-0.05, 0) is 24.5 Å². The van der Waals surface area contributed by atoms with E-state index in [9.17, 15) is 4.79 Å². The number of hydrogen-bond acceptors (Lipinski definition) is 4. The van der Waals surface area contributed by atoms with Crippen LogP contribution in [0.2, 0.25) is 0 Å². The predicted octanol–water partition coefficient (Wildman–Crippen LogP) is 1.23. The first kappa shape index (κ1) is 16.0. The van der Waals surface area contributed by atoms with Crippen molar-refractivity contribution < 1.29 is 9.90 Å². The molecule has 2 rings (SSSR count). The topological polar surface area (TPSA) is 92.1 Å². The molecule has 118 valence electrons. The largest absolute Gasteiger partial charge is 0.396 e. The number of amides is 2. The van der Waals surface area contributed by atoms with E-state index in [2.05, 4.69) is 20.6 Å². The van der Waals surface area contributed by atoms with E-state index in [1.165, 1.54) is 0 Å². The number of aromatic nitrogens is 3. The van der Waals surface area contributed by atoms with Crippen LogP contribution in [0, 0.1) is 0 Å². The van der Waals surface area contributed by atoms with E-state index >= 15 is 0 Å². The van der Waals surface area contributed by atoms with Gasteiger partial charge in [0.1, 0.15) is 12.1 Å². The molecule has 7 heteroatoms. The molecular formula is C15H21N5O2. The van der Waals surface area contributed by atoms with Crippen LogP contribution in [0.25, 0.3) is 5.82 Å². The van der Waals surface area contributed by atoms with E-state index in [-0.39, 0.29) is 18.7 Å². The zero-order valence-electron chi connectivity index (χ0n) is 12.6. The quantitative estimate of drug-likeness (QED) is 0.717. The van der Waals surface area contributed by atoms with Crippen molar-refractivity contribution >= 4 is 6.03 Å². The fourth-order valence-electron chi connectivity index (χ4n) is 2.02. The first-order valence-corrected chi connectivity index (χ1v) is 7.31. The van der Waals surface area contributed by atoms with Gasteiger partial charge < -0.3 is 15.7 Å². The number of aliphatic hydroxyl groups excluding tert-OH is 1. The van der Waals surface area contributed by atoms with Crippen molar-refractivity contribution in [2.45, 2.75) is 32.4 Å². The van der Waals surface area contributed by atoms with Crippen LogP contribution in [0.3, 0.4) is 0 Å². The minimum Gasteiger partial charge on any atom is -0.396 e. The summed E-state index contributed by atoms with van der Waals surface area (Å²) in [5.41, 5.74) is 0.911. The number of nitrogens with one attached hydrogen (secondary N) is 2. The van der Waals surface area contributed by atoms with Crippen LogP contribution in [-0.2, 0) is 6.54 Å².